The van der Waals surface area contributed by atoms with Crippen LogP contribution in [0.3, 0.4) is 0 Å². The maximum Gasteiger partial charge on any atom is 0.248 e. The smallest absolute Gasteiger partial charge is 0.248 e. The fourth-order valence-corrected chi connectivity index (χ4v) is 5.69. The van der Waals surface area contributed by atoms with E-state index in [0.29, 0.717) is 68.8 Å². The Balaban J connectivity index is 1.31. The Labute approximate surface area is 271 Å². The predicted octanol–water partition coefficient (Wildman–Crippen LogP) is 6.37. The van der Waals surface area contributed by atoms with E-state index in [-0.39, 0.29) is 18.6 Å². The lowest BCUT2D eigenvalue weighted by Gasteiger charge is -2.20. The van der Waals surface area contributed by atoms with Gasteiger partial charge in [0.05, 0.1) is 46.6 Å². The monoisotopic (exact) mass is 634 g/mol. The van der Waals surface area contributed by atoms with Gasteiger partial charge in [0.1, 0.15) is 36.0 Å². The number of hydrogen-bond acceptors (Lipinski definition) is 9. The molecule has 2 aliphatic rings. The van der Waals surface area contributed by atoms with Crippen LogP contribution in [0.2, 0.25) is 5.02 Å². The Morgan fingerprint density at radius 1 is 1.07 bits per heavy atom. The van der Waals surface area contributed by atoms with Crippen LogP contribution in [0.4, 0.5) is 17.1 Å². The van der Waals surface area contributed by atoms with Crippen LogP contribution in [0.15, 0.2) is 72.4 Å². The number of aromatic nitrogens is 1. The predicted molar refractivity (Wildman–Crippen MR) is 175 cm³/mol. The second kappa shape index (κ2) is 14.3. The van der Waals surface area contributed by atoms with E-state index in [9.17, 15) is 15.3 Å². The number of amides is 1. The SMILES string of the molecule is N#Cc1ccccc1COc1ccc(Nc2c(C#N)cnc3c(NC(=O)C=C4CCNCC4)c(OC4CCOC4)ccc23)cc1Cl. The van der Waals surface area contributed by atoms with Crippen LogP contribution in [0.5, 0.6) is 11.5 Å². The molecule has 2 aliphatic heterocycles. The number of nitrogens with one attached hydrogen (secondary N) is 3. The summed E-state index contributed by atoms with van der Waals surface area (Å²) in [5.74, 6) is 0.661. The van der Waals surface area contributed by atoms with Crippen LogP contribution in [-0.4, -0.2) is 43.3 Å². The average Bonchev–Trinajstić information content (AvgIpc) is 3.59. The summed E-state index contributed by atoms with van der Waals surface area (Å²) in [5.41, 5.74) is 4.68. The molecule has 10 nitrogen and oxygen atoms in total. The molecule has 1 aromatic heterocycles. The third-order valence-corrected chi connectivity index (χ3v) is 8.15. The first kappa shape index (κ1) is 30.9. The Kier molecular flexibility index (Phi) is 9.61. The van der Waals surface area contributed by atoms with Gasteiger partial charge < -0.3 is 30.2 Å². The average molecular weight is 635 g/mol. The molecule has 1 unspecified atom stereocenters. The third kappa shape index (κ3) is 7.06. The molecule has 4 aromatic rings. The number of fused-ring (bicyclic) bond motifs is 1. The van der Waals surface area contributed by atoms with Crippen molar-refractivity contribution < 1.29 is 19.0 Å². The Hall–Kier alpha value is -5.13. The zero-order chi connectivity index (χ0) is 31.9. The normalized spacial score (nSPS) is 15.9. The fraction of sp³-hybridized carbons (Fsp3) is 0.257. The molecule has 0 saturated carbocycles. The van der Waals surface area contributed by atoms with E-state index in [1.165, 1.54) is 6.20 Å². The topological polar surface area (TPSA) is 141 Å². The number of anilines is 3. The van der Waals surface area contributed by atoms with Gasteiger partial charge in [-0.1, -0.05) is 35.4 Å². The quantitative estimate of drug-likeness (QED) is 0.179. The molecule has 3 aromatic carbocycles. The van der Waals surface area contributed by atoms with Gasteiger partial charge in [0.15, 0.2) is 0 Å². The van der Waals surface area contributed by atoms with Crippen molar-refractivity contribution in [2.75, 3.05) is 36.9 Å². The van der Waals surface area contributed by atoms with E-state index in [2.05, 4.69) is 33.1 Å². The zero-order valence-electron chi connectivity index (χ0n) is 24.9. The molecule has 2 fully saturated rings. The molecular weight excluding hydrogens is 604 g/mol. The number of benzene rings is 3. The first-order chi connectivity index (χ1) is 22.5. The number of rotatable bonds is 9. The molecule has 46 heavy (non-hydrogen) atoms. The number of hydrogen-bond donors (Lipinski definition) is 3. The van der Waals surface area contributed by atoms with Gasteiger partial charge in [0, 0.05) is 35.3 Å². The standard InChI is InChI=1S/C35H31ClN6O4/c36-29-16-26(5-7-30(29)45-20-24-4-2-1-3-23(24)17-37)41-33-25(18-38)19-40-34-28(33)6-8-31(46-27-11-14-44-21-27)35(34)42-32(43)15-22-9-12-39-13-10-22/h1-8,15-16,19,27,39H,9-14,20-21H2,(H,40,41)(H,42,43). The number of nitrogens with zero attached hydrogens (tertiary/aromatic N) is 3. The number of halogens is 1. The van der Waals surface area contributed by atoms with E-state index in [0.717, 1.165) is 43.5 Å². The lowest BCUT2D eigenvalue weighted by atomic mass is 10.0. The second-order valence-electron chi connectivity index (χ2n) is 11.0. The summed E-state index contributed by atoms with van der Waals surface area (Å²) < 4.78 is 17.7. The molecule has 0 bridgehead atoms. The van der Waals surface area contributed by atoms with Crippen molar-refractivity contribution in [2.24, 2.45) is 0 Å². The van der Waals surface area contributed by atoms with E-state index >= 15 is 0 Å². The lowest BCUT2D eigenvalue weighted by molar-refractivity contribution is -0.112. The summed E-state index contributed by atoms with van der Waals surface area (Å²) in [5, 5.41) is 30.0. The molecule has 6 rings (SSSR count). The summed E-state index contributed by atoms with van der Waals surface area (Å²) >= 11 is 6.60. The van der Waals surface area contributed by atoms with Crippen LogP contribution >= 0.6 is 11.6 Å². The van der Waals surface area contributed by atoms with E-state index in [1.807, 2.05) is 18.2 Å². The Bertz CT molecular complexity index is 1880. The van der Waals surface area contributed by atoms with Crippen LogP contribution in [0, 0.1) is 22.7 Å². The Morgan fingerprint density at radius 2 is 1.87 bits per heavy atom. The van der Waals surface area contributed by atoms with Gasteiger partial charge in [-0.05, 0) is 62.3 Å². The van der Waals surface area contributed by atoms with Crippen LogP contribution in [-0.2, 0) is 16.1 Å². The van der Waals surface area contributed by atoms with E-state index in [1.54, 1.807) is 42.5 Å². The van der Waals surface area contributed by atoms with Gasteiger partial charge in [0.2, 0.25) is 5.91 Å². The van der Waals surface area contributed by atoms with Crippen molar-refractivity contribution in [1.82, 2.24) is 10.3 Å². The minimum Gasteiger partial charge on any atom is -0.487 e. The number of piperidine rings is 1. The molecule has 0 radical (unpaired) electrons. The highest BCUT2D eigenvalue weighted by Gasteiger charge is 2.23. The summed E-state index contributed by atoms with van der Waals surface area (Å²) in [6.45, 7) is 2.93. The summed E-state index contributed by atoms with van der Waals surface area (Å²) in [6.07, 6.45) is 5.33. The van der Waals surface area contributed by atoms with Crippen molar-refractivity contribution in [3.8, 4) is 23.6 Å². The number of pyridine rings is 1. The van der Waals surface area contributed by atoms with Crippen molar-refractivity contribution >= 4 is 45.5 Å². The number of carbonyl (C=O) groups is 1. The molecule has 1 atom stereocenters. The highest BCUT2D eigenvalue weighted by Crippen LogP contribution is 2.39. The molecule has 0 spiro atoms. The minimum atomic E-state index is -0.266. The fourth-order valence-electron chi connectivity index (χ4n) is 5.46. The summed E-state index contributed by atoms with van der Waals surface area (Å²) in [6, 6.07) is 20.4. The molecule has 2 saturated heterocycles. The number of carbonyl (C=O) groups excluding carboxylic acids is 1. The maximum atomic E-state index is 13.2. The molecule has 1 amide bonds. The first-order valence-corrected chi connectivity index (χ1v) is 15.4. The van der Waals surface area contributed by atoms with Gasteiger partial charge in [0.25, 0.3) is 0 Å². The molecule has 11 heteroatoms. The maximum absolute atomic E-state index is 13.2. The van der Waals surface area contributed by atoms with Crippen molar-refractivity contribution in [3.05, 3.63) is 94.2 Å². The van der Waals surface area contributed by atoms with E-state index < -0.39 is 0 Å². The van der Waals surface area contributed by atoms with Crippen molar-refractivity contribution in [2.45, 2.75) is 32.0 Å². The summed E-state index contributed by atoms with van der Waals surface area (Å²) in [7, 11) is 0. The van der Waals surface area contributed by atoms with Gasteiger partial charge in [-0.15, -0.1) is 0 Å². The minimum absolute atomic E-state index is 0.150. The van der Waals surface area contributed by atoms with Crippen molar-refractivity contribution in [3.63, 3.8) is 0 Å². The van der Waals surface area contributed by atoms with Crippen LogP contribution < -0.4 is 25.4 Å². The highest BCUT2D eigenvalue weighted by molar-refractivity contribution is 6.32. The summed E-state index contributed by atoms with van der Waals surface area (Å²) in [4.78, 5) is 17.8. The molecule has 232 valence electrons. The highest BCUT2D eigenvalue weighted by atomic mass is 35.5. The number of nitriles is 2. The molecular formula is C35H31ClN6O4. The Morgan fingerprint density at radius 3 is 2.63 bits per heavy atom. The van der Waals surface area contributed by atoms with E-state index in [4.69, 9.17) is 25.8 Å². The van der Waals surface area contributed by atoms with Gasteiger partial charge >= 0.3 is 0 Å². The van der Waals surface area contributed by atoms with Crippen LogP contribution in [0.25, 0.3) is 10.9 Å². The second-order valence-corrected chi connectivity index (χ2v) is 11.4. The van der Waals surface area contributed by atoms with Gasteiger partial charge in [-0.3, -0.25) is 9.78 Å². The van der Waals surface area contributed by atoms with Crippen molar-refractivity contribution in [1.29, 1.82) is 10.5 Å². The number of ether oxygens (including phenoxy) is 3. The largest absolute Gasteiger partial charge is 0.487 e. The molecule has 3 N–H and O–H groups in total. The lowest BCUT2D eigenvalue weighted by Crippen LogP contribution is -2.24. The molecule has 3 heterocycles. The zero-order valence-corrected chi connectivity index (χ0v) is 25.7. The van der Waals surface area contributed by atoms with Gasteiger partial charge in [-0.2, -0.15) is 10.5 Å². The first-order valence-electron chi connectivity index (χ1n) is 15.0. The van der Waals surface area contributed by atoms with Gasteiger partial charge in [-0.25, -0.2) is 0 Å². The van der Waals surface area contributed by atoms with Crippen LogP contribution in [0.1, 0.15) is 36.0 Å². The molecule has 0 aliphatic carbocycles. The third-order valence-electron chi connectivity index (χ3n) is 7.85.